The lowest BCUT2D eigenvalue weighted by molar-refractivity contribution is -0.128. The molecule has 0 aromatic heterocycles. The van der Waals surface area contributed by atoms with Crippen LogP contribution in [0, 0.1) is 17.8 Å². The number of hydrogen-bond donors (Lipinski definition) is 1. The number of hydrogen-bond acceptors (Lipinski definition) is 4. The standard InChI is InChI=1S/C22H36N2O3/c1-15(2)13-20(21(25)23-4)24-16(3)5-8-19(18-6-7-18)22(24)27-14-17-9-11-26-12-10-17/h5,8,15-18,20H,6-7,9-14H2,1-4H3,(H,23,25)/t16-,20?/m0/s1. The Morgan fingerprint density at radius 2 is 2.00 bits per heavy atom. The van der Waals surface area contributed by atoms with E-state index in [2.05, 4.69) is 43.1 Å². The number of nitrogens with zero attached hydrogens (tertiary/aromatic N) is 1. The summed E-state index contributed by atoms with van der Waals surface area (Å²) in [6.45, 7) is 8.89. The highest BCUT2D eigenvalue weighted by Gasteiger charge is 2.38. The van der Waals surface area contributed by atoms with Gasteiger partial charge in [0.2, 0.25) is 5.91 Å². The first-order chi connectivity index (χ1) is 13.0. The summed E-state index contributed by atoms with van der Waals surface area (Å²) in [6.07, 6.45) is 9.85. The van der Waals surface area contributed by atoms with Crippen molar-refractivity contribution in [3.05, 3.63) is 23.6 Å². The predicted octanol–water partition coefficient (Wildman–Crippen LogP) is 3.47. The van der Waals surface area contributed by atoms with Crippen molar-refractivity contribution in [2.75, 3.05) is 26.9 Å². The summed E-state index contributed by atoms with van der Waals surface area (Å²) in [7, 11) is 1.73. The zero-order chi connectivity index (χ0) is 19.4. The smallest absolute Gasteiger partial charge is 0.242 e. The summed E-state index contributed by atoms with van der Waals surface area (Å²) in [5, 5.41) is 2.87. The maximum atomic E-state index is 12.8. The second-order valence-electron chi connectivity index (χ2n) is 8.67. The molecule has 2 heterocycles. The van der Waals surface area contributed by atoms with Crippen molar-refractivity contribution < 1.29 is 14.3 Å². The Labute approximate surface area is 164 Å². The number of ether oxygens (including phenoxy) is 2. The van der Waals surface area contributed by atoms with Crippen LogP contribution in [0.4, 0.5) is 0 Å². The Morgan fingerprint density at radius 3 is 2.59 bits per heavy atom. The van der Waals surface area contributed by atoms with Gasteiger partial charge in [0, 0.05) is 31.9 Å². The number of rotatable bonds is 8. The summed E-state index contributed by atoms with van der Waals surface area (Å²) in [5.74, 6) is 2.59. The van der Waals surface area contributed by atoms with Gasteiger partial charge >= 0.3 is 0 Å². The van der Waals surface area contributed by atoms with Crippen LogP contribution in [0.1, 0.15) is 52.9 Å². The third-order valence-electron chi connectivity index (χ3n) is 5.87. The molecule has 0 aromatic rings. The van der Waals surface area contributed by atoms with Gasteiger partial charge in [0.05, 0.1) is 6.61 Å². The molecule has 1 saturated heterocycles. The Morgan fingerprint density at radius 1 is 1.30 bits per heavy atom. The minimum atomic E-state index is -0.201. The number of allylic oxidation sites excluding steroid dienone is 2. The van der Waals surface area contributed by atoms with Crippen molar-refractivity contribution in [1.82, 2.24) is 10.2 Å². The van der Waals surface area contributed by atoms with E-state index in [1.807, 2.05) is 0 Å². The first-order valence-electron chi connectivity index (χ1n) is 10.6. The molecule has 27 heavy (non-hydrogen) atoms. The molecule has 0 spiro atoms. The van der Waals surface area contributed by atoms with Crippen LogP contribution < -0.4 is 5.32 Å². The summed E-state index contributed by atoms with van der Waals surface area (Å²) < 4.78 is 12.0. The van der Waals surface area contributed by atoms with Gasteiger partial charge in [-0.25, -0.2) is 0 Å². The van der Waals surface area contributed by atoms with E-state index in [-0.39, 0.29) is 18.0 Å². The van der Waals surface area contributed by atoms with Crippen LogP contribution in [0.3, 0.4) is 0 Å². The van der Waals surface area contributed by atoms with Gasteiger partial charge in [-0.3, -0.25) is 4.79 Å². The Bertz CT molecular complexity index is 574. The van der Waals surface area contributed by atoms with Gasteiger partial charge in [0.15, 0.2) is 5.88 Å². The maximum absolute atomic E-state index is 12.8. The van der Waals surface area contributed by atoms with Gasteiger partial charge in [0.25, 0.3) is 0 Å². The molecule has 0 bridgehead atoms. The number of amides is 1. The van der Waals surface area contributed by atoms with Crippen molar-refractivity contribution in [1.29, 1.82) is 0 Å². The molecule has 0 aromatic carbocycles. The van der Waals surface area contributed by atoms with Gasteiger partial charge in [-0.05, 0) is 56.8 Å². The summed E-state index contributed by atoms with van der Waals surface area (Å²) in [4.78, 5) is 15.0. The van der Waals surface area contributed by atoms with Crippen molar-refractivity contribution in [2.24, 2.45) is 17.8 Å². The van der Waals surface area contributed by atoms with E-state index in [4.69, 9.17) is 9.47 Å². The topological polar surface area (TPSA) is 50.8 Å². The Balaban J connectivity index is 1.85. The first-order valence-corrected chi connectivity index (χ1v) is 10.6. The van der Waals surface area contributed by atoms with Crippen molar-refractivity contribution in [2.45, 2.75) is 65.0 Å². The SMILES string of the molecule is CNC(=O)C(CC(C)C)N1C(OCC2CCOCC2)=C(C2CC2)C=C[C@@H]1C. The molecule has 2 aliphatic heterocycles. The lowest BCUT2D eigenvalue weighted by Crippen LogP contribution is -2.51. The van der Waals surface area contributed by atoms with Gasteiger partial charge in [-0.1, -0.05) is 26.0 Å². The van der Waals surface area contributed by atoms with Crippen LogP contribution in [0.5, 0.6) is 0 Å². The normalized spacial score (nSPS) is 25.1. The van der Waals surface area contributed by atoms with Crippen molar-refractivity contribution in [3.63, 3.8) is 0 Å². The van der Waals surface area contributed by atoms with Gasteiger partial charge < -0.3 is 19.7 Å². The average molecular weight is 377 g/mol. The van der Waals surface area contributed by atoms with E-state index >= 15 is 0 Å². The van der Waals surface area contributed by atoms with E-state index in [0.29, 0.717) is 24.4 Å². The van der Waals surface area contributed by atoms with E-state index in [0.717, 1.165) is 38.4 Å². The molecule has 5 heteroatoms. The minimum Gasteiger partial charge on any atom is -0.479 e. The van der Waals surface area contributed by atoms with Crippen LogP contribution in [0.2, 0.25) is 0 Å². The Kier molecular flexibility index (Phi) is 6.85. The summed E-state index contributed by atoms with van der Waals surface area (Å²) in [5.41, 5.74) is 1.29. The molecular formula is C22H36N2O3. The third-order valence-corrected chi connectivity index (χ3v) is 5.87. The fourth-order valence-corrected chi connectivity index (χ4v) is 4.10. The molecule has 3 aliphatic rings. The van der Waals surface area contributed by atoms with Crippen LogP contribution in [-0.4, -0.2) is 49.8 Å². The highest BCUT2D eigenvalue weighted by atomic mass is 16.5. The van der Waals surface area contributed by atoms with E-state index in [1.54, 1.807) is 7.05 Å². The van der Waals surface area contributed by atoms with E-state index in [9.17, 15) is 4.79 Å². The quantitative estimate of drug-likeness (QED) is 0.705. The van der Waals surface area contributed by atoms with Gasteiger partial charge in [-0.15, -0.1) is 0 Å². The number of carbonyl (C=O) groups excluding carboxylic acids is 1. The zero-order valence-electron chi connectivity index (χ0n) is 17.4. The highest BCUT2D eigenvalue weighted by molar-refractivity contribution is 5.81. The Hall–Kier alpha value is -1.49. The number of nitrogens with one attached hydrogen (secondary N) is 1. The largest absolute Gasteiger partial charge is 0.479 e. The summed E-state index contributed by atoms with van der Waals surface area (Å²) >= 11 is 0. The molecule has 1 N–H and O–H groups in total. The van der Waals surface area contributed by atoms with Gasteiger partial charge in [0.1, 0.15) is 6.04 Å². The molecule has 2 atom stereocenters. The van der Waals surface area contributed by atoms with Crippen LogP contribution in [0.15, 0.2) is 23.6 Å². The number of likely N-dealkylation sites (N-methyl/N-ethyl adjacent to an activating group) is 1. The van der Waals surface area contributed by atoms with E-state index in [1.165, 1.54) is 18.4 Å². The molecule has 2 fully saturated rings. The molecule has 1 unspecified atom stereocenters. The molecule has 1 aliphatic carbocycles. The average Bonchev–Trinajstić information content (AvgIpc) is 3.50. The second-order valence-corrected chi connectivity index (χ2v) is 8.67. The minimum absolute atomic E-state index is 0.0770. The van der Waals surface area contributed by atoms with Crippen molar-refractivity contribution in [3.8, 4) is 0 Å². The molecule has 0 radical (unpaired) electrons. The van der Waals surface area contributed by atoms with Gasteiger partial charge in [-0.2, -0.15) is 0 Å². The lowest BCUT2D eigenvalue weighted by Gasteiger charge is -2.41. The summed E-state index contributed by atoms with van der Waals surface area (Å²) in [6, 6.07) is -0.0494. The molecule has 5 nitrogen and oxygen atoms in total. The third kappa shape index (κ3) is 5.07. The maximum Gasteiger partial charge on any atom is 0.242 e. The van der Waals surface area contributed by atoms with Crippen LogP contribution in [0.25, 0.3) is 0 Å². The second kappa shape index (κ2) is 9.13. The fourth-order valence-electron chi connectivity index (χ4n) is 4.10. The fraction of sp³-hybridized carbons (Fsp3) is 0.773. The highest BCUT2D eigenvalue weighted by Crippen LogP contribution is 2.42. The van der Waals surface area contributed by atoms with E-state index < -0.39 is 0 Å². The zero-order valence-corrected chi connectivity index (χ0v) is 17.4. The molecular weight excluding hydrogens is 340 g/mol. The molecule has 152 valence electrons. The van der Waals surface area contributed by atoms with Crippen LogP contribution in [-0.2, 0) is 14.3 Å². The number of carbonyl (C=O) groups is 1. The molecule has 1 amide bonds. The molecule has 1 saturated carbocycles. The lowest BCUT2D eigenvalue weighted by atomic mass is 9.96. The molecule has 3 rings (SSSR count). The monoisotopic (exact) mass is 376 g/mol. The van der Waals surface area contributed by atoms with Crippen molar-refractivity contribution >= 4 is 5.91 Å². The predicted molar refractivity (Wildman–Crippen MR) is 107 cm³/mol. The first kappa shape index (κ1) is 20.2. The van der Waals surface area contributed by atoms with Crippen LogP contribution >= 0.6 is 0 Å².